The van der Waals surface area contributed by atoms with Gasteiger partial charge in [0.15, 0.2) is 0 Å². The average Bonchev–Trinajstić information content (AvgIpc) is 3.16. The van der Waals surface area contributed by atoms with E-state index in [2.05, 4.69) is 68.1 Å². The van der Waals surface area contributed by atoms with E-state index in [1.54, 1.807) is 0 Å². The Labute approximate surface area is 161 Å². The fourth-order valence-corrected chi connectivity index (χ4v) is 4.88. The van der Waals surface area contributed by atoms with E-state index in [0.717, 1.165) is 25.7 Å². The van der Waals surface area contributed by atoms with Gasteiger partial charge in [0, 0.05) is 15.5 Å². The van der Waals surface area contributed by atoms with Gasteiger partial charge in [-0.1, -0.05) is 74.4 Å². The molecule has 1 aromatic heterocycles. The van der Waals surface area contributed by atoms with Crippen LogP contribution in [0, 0.1) is 11.8 Å². The minimum atomic E-state index is -0.282. The molecule has 2 aromatic rings. The Morgan fingerprint density at radius 1 is 1.23 bits per heavy atom. The van der Waals surface area contributed by atoms with E-state index >= 15 is 0 Å². The average molecular weight is 367 g/mol. The first-order valence-corrected chi connectivity index (χ1v) is 10.7. The van der Waals surface area contributed by atoms with Gasteiger partial charge in [-0.25, -0.2) is 0 Å². The molecule has 1 heterocycles. The first-order valence-electron chi connectivity index (χ1n) is 9.84. The van der Waals surface area contributed by atoms with E-state index < -0.39 is 0 Å². The van der Waals surface area contributed by atoms with E-state index in [1.807, 2.05) is 11.3 Å². The van der Waals surface area contributed by atoms with E-state index in [1.165, 1.54) is 33.4 Å². The number of benzene rings is 1. The fourth-order valence-electron chi connectivity index (χ4n) is 3.84. The number of aliphatic hydroxyl groups excluding tert-OH is 1. The molecule has 1 nitrogen and oxygen atoms in total. The summed E-state index contributed by atoms with van der Waals surface area (Å²) >= 11 is 1.86. The third kappa shape index (κ3) is 4.75. The van der Waals surface area contributed by atoms with Crippen LogP contribution in [0.4, 0.5) is 0 Å². The predicted octanol–water partition coefficient (Wildman–Crippen LogP) is 6.69. The fraction of sp³-hybridized carbons (Fsp3) is 0.417. The predicted molar refractivity (Wildman–Crippen MR) is 115 cm³/mol. The molecule has 1 aromatic carbocycles. The summed E-state index contributed by atoms with van der Waals surface area (Å²) in [7, 11) is 0. The van der Waals surface area contributed by atoms with Crippen molar-refractivity contribution in [3.8, 4) is 0 Å². The first kappa shape index (κ1) is 19.1. The molecule has 1 aliphatic rings. The molecule has 1 fully saturated rings. The molecule has 0 radical (unpaired) electrons. The van der Waals surface area contributed by atoms with Crippen molar-refractivity contribution >= 4 is 21.4 Å². The summed E-state index contributed by atoms with van der Waals surface area (Å²) in [5.74, 6) is 0.578. The number of thiophene rings is 1. The van der Waals surface area contributed by atoms with Crippen LogP contribution in [0.1, 0.15) is 43.9 Å². The van der Waals surface area contributed by atoms with Gasteiger partial charge in [0.2, 0.25) is 0 Å². The van der Waals surface area contributed by atoms with Crippen LogP contribution in [-0.2, 0) is 6.42 Å². The zero-order chi connectivity index (χ0) is 18.4. The Morgan fingerprint density at radius 2 is 2.08 bits per heavy atom. The third-order valence-electron chi connectivity index (χ3n) is 5.34. The van der Waals surface area contributed by atoms with Crippen LogP contribution in [-0.4, -0.2) is 11.2 Å². The number of rotatable bonds is 8. The summed E-state index contributed by atoms with van der Waals surface area (Å²) in [6.45, 7) is 6.44. The zero-order valence-electron chi connectivity index (χ0n) is 15.7. The van der Waals surface area contributed by atoms with Gasteiger partial charge in [0.25, 0.3) is 0 Å². The van der Waals surface area contributed by atoms with Crippen molar-refractivity contribution < 1.29 is 5.11 Å². The SMILES string of the molecule is C=C1C[C@@H](O)[C@H](/C=C/Cc2cc3ccccc3s2)[C@H]1C/C=C\CCCC. The quantitative estimate of drug-likeness (QED) is 0.407. The highest BCUT2D eigenvalue weighted by Crippen LogP contribution is 2.39. The Kier molecular flexibility index (Phi) is 6.87. The molecule has 3 atom stereocenters. The number of unbranched alkanes of at least 4 members (excludes halogenated alkanes) is 2. The Bertz CT molecular complexity index is 749. The molecule has 26 heavy (non-hydrogen) atoms. The molecule has 0 unspecified atom stereocenters. The molecule has 1 aliphatic carbocycles. The highest BCUT2D eigenvalue weighted by atomic mass is 32.1. The lowest BCUT2D eigenvalue weighted by atomic mass is 9.89. The van der Waals surface area contributed by atoms with Gasteiger partial charge in [-0.05, 0) is 49.1 Å². The molecule has 1 saturated carbocycles. The lowest BCUT2D eigenvalue weighted by molar-refractivity contribution is 0.142. The normalized spacial score (nSPS) is 23.8. The van der Waals surface area contributed by atoms with Gasteiger partial charge in [0.05, 0.1) is 6.10 Å². The van der Waals surface area contributed by atoms with Crippen LogP contribution < -0.4 is 0 Å². The van der Waals surface area contributed by atoms with Crippen molar-refractivity contribution in [2.24, 2.45) is 11.8 Å². The Morgan fingerprint density at radius 3 is 2.88 bits per heavy atom. The van der Waals surface area contributed by atoms with Gasteiger partial charge in [-0.3, -0.25) is 0 Å². The third-order valence-corrected chi connectivity index (χ3v) is 6.48. The molecule has 0 amide bonds. The van der Waals surface area contributed by atoms with Crippen LogP contribution in [0.5, 0.6) is 0 Å². The smallest absolute Gasteiger partial charge is 0.0645 e. The van der Waals surface area contributed by atoms with Gasteiger partial charge in [-0.15, -0.1) is 11.3 Å². The van der Waals surface area contributed by atoms with Crippen molar-refractivity contribution in [1.82, 2.24) is 0 Å². The molecular weight excluding hydrogens is 336 g/mol. The van der Waals surface area contributed by atoms with Gasteiger partial charge >= 0.3 is 0 Å². The molecule has 1 N–H and O–H groups in total. The summed E-state index contributed by atoms with van der Waals surface area (Å²) in [6, 6.07) is 10.8. The summed E-state index contributed by atoms with van der Waals surface area (Å²) in [4.78, 5) is 1.38. The molecule has 3 rings (SSSR count). The molecule has 2 heteroatoms. The molecular formula is C24H30OS. The highest BCUT2D eigenvalue weighted by molar-refractivity contribution is 7.19. The van der Waals surface area contributed by atoms with E-state index in [4.69, 9.17) is 0 Å². The minimum Gasteiger partial charge on any atom is -0.392 e. The summed E-state index contributed by atoms with van der Waals surface area (Å²) in [6.07, 6.45) is 15.1. The Balaban J connectivity index is 1.60. The largest absolute Gasteiger partial charge is 0.392 e. The van der Waals surface area contributed by atoms with Crippen molar-refractivity contribution in [3.63, 3.8) is 0 Å². The molecule has 0 aliphatic heterocycles. The van der Waals surface area contributed by atoms with Crippen LogP contribution >= 0.6 is 11.3 Å². The monoisotopic (exact) mass is 366 g/mol. The maximum Gasteiger partial charge on any atom is 0.0645 e. The second-order valence-corrected chi connectivity index (χ2v) is 8.51. The first-order chi connectivity index (χ1) is 12.7. The summed E-state index contributed by atoms with van der Waals surface area (Å²) in [5, 5.41) is 11.8. The van der Waals surface area contributed by atoms with Gasteiger partial charge in [0.1, 0.15) is 0 Å². The molecule has 0 spiro atoms. The summed E-state index contributed by atoms with van der Waals surface area (Å²) in [5.41, 5.74) is 1.20. The minimum absolute atomic E-state index is 0.202. The topological polar surface area (TPSA) is 20.2 Å². The molecule has 0 saturated heterocycles. The standard InChI is InChI=1S/C24H30OS/c1-3-4-5-6-7-13-21-18(2)16-23(25)22(21)14-10-12-20-17-19-11-8-9-15-24(19)26-20/h6-11,14-15,17,21-23,25H,2-5,12-13,16H2,1H3/b7-6-,14-10+/t21-,22+,23+/m0/s1. The lowest BCUT2D eigenvalue weighted by Gasteiger charge is -2.17. The van der Waals surface area contributed by atoms with Crippen LogP contribution in [0.3, 0.4) is 0 Å². The van der Waals surface area contributed by atoms with E-state index in [9.17, 15) is 5.11 Å². The van der Waals surface area contributed by atoms with Crippen LogP contribution in [0.25, 0.3) is 10.1 Å². The number of allylic oxidation sites excluding steroid dienone is 3. The summed E-state index contributed by atoms with van der Waals surface area (Å²) < 4.78 is 1.35. The Hall–Kier alpha value is -1.64. The van der Waals surface area contributed by atoms with Crippen molar-refractivity contribution in [2.75, 3.05) is 0 Å². The number of hydrogen-bond donors (Lipinski definition) is 1. The maximum absolute atomic E-state index is 10.4. The van der Waals surface area contributed by atoms with Crippen LogP contribution in [0.15, 0.2) is 66.8 Å². The second kappa shape index (κ2) is 9.34. The van der Waals surface area contributed by atoms with Crippen molar-refractivity contribution in [1.29, 1.82) is 0 Å². The van der Waals surface area contributed by atoms with Gasteiger partial charge in [-0.2, -0.15) is 0 Å². The lowest BCUT2D eigenvalue weighted by Crippen LogP contribution is -2.16. The molecule has 0 bridgehead atoms. The maximum atomic E-state index is 10.4. The number of aliphatic hydroxyl groups is 1. The number of fused-ring (bicyclic) bond motifs is 1. The zero-order valence-corrected chi connectivity index (χ0v) is 16.5. The second-order valence-electron chi connectivity index (χ2n) is 7.35. The van der Waals surface area contributed by atoms with Crippen molar-refractivity contribution in [2.45, 2.75) is 51.6 Å². The number of hydrogen-bond acceptors (Lipinski definition) is 2. The van der Waals surface area contributed by atoms with Crippen LogP contribution in [0.2, 0.25) is 0 Å². The highest BCUT2D eigenvalue weighted by Gasteiger charge is 2.34. The van der Waals surface area contributed by atoms with E-state index in [-0.39, 0.29) is 12.0 Å². The van der Waals surface area contributed by atoms with Crippen molar-refractivity contribution in [3.05, 3.63) is 71.7 Å². The van der Waals surface area contributed by atoms with E-state index in [0.29, 0.717) is 5.92 Å². The molecule has 138 valence electrons. The van der Waals surface area contributed by atoms with Gasteiger partial charge < -0.3 is 5.11 Å².